The predicted octanol–water partition coefficient (Wildman–Crippen LogP) is 20.6. The molecule has 0 radical (unpaired) electrons. The summed E-state index contributed by atoms with van der Waals surface area (Å²) in [6.45, 7) is 7.00. The van der Waals surface area contributed by atoms with E-state index >= 15 is 0 Å². The van der Waals surface area contributed by atoms with Crippen molar-refractivity contribution in [1.29, 1.82) is 0 Å². The Morgan fingerprint density at radius 3 is 1.21 bits per heavy atom. The van der Waals surface area contributed by atoms with Crippen molar-refractivity contribution in [2.75, 3.05) is 40.9 Å². The quantitative estimate of drug-likeness (QED) is 0.0205. The average Bonchev–Trinajstić information content (AvgIpc) is 3.40. The van der Waals surface area contributed by atoms with Crippen molar-refractivity contribution in [2.24, 2.45) is 0 Å². The van der Waals surface area contributed by atoms with E-state index in [-0.39, 0.29) is 31.5 Å². The summed E-state index contributed by atoms with van der Waals surface area (Å²) in [5, 5.41) is 3.06. The van der Waals surface area contributed by atoms with Gasteiger partial charge in [-0.3, -0.25) is 18.6 Å². The third kappa shape index (κ3) is 58.4. The van der Waals surface area contributed by atoms with Crippen molar-refractivity contribution in [2.45, 2.75) is 322 Å². The monoisotopic (exact) mass is 1120 g/mol. The lowest BCUT2D eigenvalue weighted by Gasteiger charge is -2.27. The first-order valence-corrected chi connectivity index (χ1v) is 34.6. The number of allylic oxidation sites excluding steroid dienone is 9. The molecule has 0 aromatic heterocycles. The van der Waals surface area contributed by atoms with Crippen LogP contribution in [0.15, 0.2) is 60.8 Å². The number of nitrogens with one attached hydrogen (secondary N) is 1. The van der Waals surface area contributed by atoms with Gasteiger partial charge >= 0.3 is 13.8 Å². The van der Waals surface area contributed by atoms with Gasteiger partial charge < -0.3 is 19.4 Å². The fourth-order valence-corrected chi connectivity index (χ4v) is 10.3. The van der Waals surface area contributed by atoms with Gasteiger partial charge in [-0.15, -0.1) is 0 Å². The van der Waals surface area contributed by atoms with Gasteiger partial charge in [0.25, 0.3) is 0 Å². The van der Waals surface area contributed by atoms with E-state index in [1.165, 1.54) is 193 Å². The van der Waals surface area contributed by atoms with Crippen LogP contribution < -0.4 is 5.32 Å². The van der Waals surface area contributed by atoms with E-state index in [0.717, 1.165) is 83.5 Å². The number of carbonyl (C=O) groups excluding carboxylic acids is 2. The number of ether oxygens (including phenoxy) is 1. The van der Waals surface area contributed by atoms with Gasteiger partial charge in [0, 0.05) is 12.8 Å². The molecule has 3 atom stereocenters. The van der Waals surface area contributed by atoms with Crippen LogP contribution in [0.5, 0.6) is 0 Å². The number of quaternary nitrogens is 1. The summed E-state index contributed by atoms with van der Waals surface area (Å²) in [5.41, 5.74) is 0. The lowest BCUT2D eigenvalue weighted by atomic mass is 10.0. The summed E-state index contributed by atoms with van der Waals surface area (Å²) in [5.74, 6) is -0.508. The third-order valence-electron chi connectivity index (χ3n) is 14.7. The lowest BCUT2D eigenvalue weighted by Crippen LogP contribution is -2.47. The van der Waals surface area contributed by atoms with Gasteiger partial charge in [-0.25, -0.2) is 4.57 Å². The zero-order valence-corrected chi connectivity index (χ0v) is 53.1. The van der Waals surface area contributed by atoms with Crippen molar-refractivity contribution in [3.63, 3.8) is 0 Å². The normalized spacial score (nSPS) is 14.0. The van der Waals surface area contributed by atoms with Crippen molar-refractivity contribution in [3.05, 3.63) is 60.8 Å². The van der Waals surface area contributed by atoms with Gasteiger partial charge in [-0.1, -0.05) is 262 Å². The number of carbonyl (C=O) groups is 2. The molecule has 78 heavy (non-hydrogen) atoms. The molecule has 1 amide bonds. The fraction of sp³-hybridized carbons (Fsp3) is 0.824. The van der Waals surface area contributed by atoms with E-state index in [2.05, 4.69) is 74.7 Å². The Morgan fingerprint density at radius 2 is 0.782 bits per heavy atom. The van der Waals surface area contributed by atoms with Crippen LogP contribution in [0.25, 0.3) is 0 Å². The minimum atomic E-state index is -4.45. The van der Waals surface area contributed by atoms with E-state index in [1.54, 1.807) is 0 Å². The Morgan fingerprint density at radius 1 is 0.449 bits per heavy atom. The molecule has 3 unspecified atom stereocenters. The van der Waals surface area contributed by atoms with Crippen molar-refractivity contribution >= 4 is 19.7 Å². The summed E-state index contributed by atoms with van der Waals surface area (Å²) in [4.78, 5) is 37.8. The highest BCUT2D eigenvalue weighted by Gasteiger charge is 2.30. The first-order valence-electron chi connectivity index (χ1n) is 33.1. The van der Waals surface area contributed by atoms with Crippen LogP contribution >= 0.6 is 7.82 Å². The third-order valence-corrected chi connectivity index (χ3v) is 15.7. The van der Waals surface area contributed by atoms with E-state index in [4.69, 9.17) is 13.8 Å². The molecule has 0 saturated heterocycles. The molecule has 0 spiro atoms. The number of likely N-dealkylation sites (N-methyl/N-ethyl adjacent to an activating group) is 1. The summed E-state index contributed by atoms with van der Waals surface area (Å²) in [6.07, 6.45) is 73.6. The van der Waals surface area contributed by atoms with Crippen LogP contribution in [0, 0.1) is 0 Å². The Bertz CT molecular complexity index is 1520. The minimum absolute atomic E-state index is 0.0377. The second-order valence-corrected chi connectivity index (χ2v) is 25.1. The number of rotatable bonds is 60. The molecule has 9 nitrogen and oxygen atoms in total. The molecule has 0 aliphatic carbocycles. The highest BCUT2D eigenvalue weighted by molar-refractivity contribution is 7.47. The molecule has 0 aliphatic heterocycles. The SMILES string of the molecule is CCCCC/C=C\C/C=C\C/C=C\CCCCCCCCCCC(=O)NC(COP(=O)(O)OCC[N+](C)(C)C)C(/C=C/CCCCCCCCCCCC)OC(=O)CCCCCCCCCCC/C=C/CCCCCCCC. The topological polar surface area (TPSA) is 111 Å². The molecule has 0 bridgehead atoms. The highest BCUT2D eigenvalue weighted by Crippen LogP contribution is 2.43. The first-order chi connectivity index (χ1) is 37.9. The fourth-order valence-electron chi connectivity index (χ4n) is 9.53. The maximum absolute atomic E-state index is 13.6. The van der Waals surface area contributed by atoms with E-state index < -0.39 is 20.0 Å². The largest absolute Gasteiger partial charge is 0.472 e. The highest BCUT2D eigenvalue weighted by atomic mass is 31.2. The zero-order chi connectivity index (χ0) is 57.2. The van der Waals surface area contributed by atoms with Gasteiger partial charge in [0.15, 0.2) is 0 Å². The maximum atomic E-state index is 13.6. The van der Waals surface area contributed by atoms with Gasteiger partial charge in [0.05, 0.1) is 33.8 Å². The molecule has 2 N–H and O–H groups in total. The van der Waals surface area contributed by atoms with Crippen molar-refractivity contribution < 1.29 is 37.3 Å². The minimum Gasteiger partial charge on any atom is -0.456 e. The van der Waals surface area contributed by atoms with Crippen LogP contribution in [0.2, 0.25) is 0 Å². The van der Waals surface area contributed by atoms with Gasteiger partial charge in [0.2, 0.25) is 5.91 Å². The van der Waals surface area contributed by atoms with Crippen molar-refractivity contribution in [1.82, 2.24) is 5.32 Å². The maximum Gasteiger partial charge on any atom is 0.472 e. The number of hydrogen-bond donors (Lipinski definition) is 2. The summed E-state index contributed by atoms with van der Waals surface area (Å²) < 4.78 is 30.8. The summed E-state index contributed by atoms with van der Waals surface area (Å²) >= 11 is 0. The second kappa shape index (κ2) is 57.9. The van der Waals surface area contributed by atoms with Crippen LogP contribution in [-0.2, 0) is 27.9 Å². The number of amides is 1. The molecule has 456 valence electrons. The van der Waals surface area contributed by atoms with Crippen LogP contribution in [0.3, 0.4) is 0 Å². The Kier molecular flexibility index (Phi) is 56.2. The molecule has 10 heteroatoms. The molecule has 0 aromatic carbocycles. The van der Waals surface area contributed by atoms with E-state index in [0.29, 0.717) is 17.4 Å². The first kappa shape index (κ1) is 75.7. The number of phosphoric acid groups is 1. The van der Waals surface area contributed by atoms with E-state index in [1.807, 2.05) is 33.3 Å². The lowest BCUT2D eigenvalue weighted by molar-refractivity contribution is -0.870. The Labute approximate surface area is 483 Å². The molecule has 0 aromatic rings. The number of hydrogen-bond acceptors (Lipinski definition) is 6. The smallest absolute Gasteiger partial charge is 0.456 e. The van der Waals surface area contributed by atoms with Crippen molar-refractivity contribution in [3.8, 4) is 0 Å². The number of unbranched alkanes of at least 4 members (excludes halogenated alkanes) is 36. The summed E-state index contributed by atoms with van der Waals surface area (Å²) in [6, 6.07) is -0.854. The van der Waals surface area contributed by atoms with Crippen LogP contribution in [-0.4, -0.2) is 74.3 Å². The Hall–Kier alpha value is -2.29. The molecule has 0 aliphatic rings. The Balaban J connectivity index is 5.19. The molecular weight excluding hydrogens is 988 g/mol. The number of esters is 1. The van der Waals surface area contributed by atoms with Gasteiger partial charge in [-0.2, -0.15) is 0 Å². The summed E-state index contributed by atoms with van der Waals surface area (Å²) in [7, 11) is 1.49. The second-order valence-electron chi connectivity index (χ2n) is 23.6. The van der Waals surface area contributed by atoms with Crippen LogP contribution in [0.4, 0.5) is 0 Å². The molecule has 0 heterocycles. The van der Waals surface area contributed by atoms with Gasteiger partial charge in [0.1, 0.15) is 19.3 Å². The zero-order valence-electron chi connectivity index (χ0n) is 52.2. The van der Waals surface area contributed by atoms with Crippen LogP contribution in [0.1, 0.15) is 310 Å². The average molecular weight is 1120 g/mol. The molecule has 0 fully saturated rings. The van der Waals surface area contributed by atoms with E-state index in [9.17, 15) is 19.0 Å². The standard InChI is InChI=1S/C68H127N2O7P/c1-7-10-13-16-19-22-25-28-30-32-34-35-37-38-40-42-45-48-51-54-57-60-67(71)69-65(64-76-78(73,74)75-63-62-70(4,5)6)66(59-56-53-50-47-44-27-24-21-18-15-12-9-3)77-68(72)61-58-55-52-49-46-43-41-39-36-33-31-29-26-23-20-17-14-11-8-2/h19,22,28-31,34-35,56,59,65-66H,7-18,20-21,23-27,32-33,36-55,57-58,60-64H2,1-6H3,(H-,69,71,73,74)/p+1/b22-19-,30-28-,31-29+,35-34-,59-56+. The predicted molar refractivity (Wildman–Crippen MR) is 337 cm³/mol. The van der Waals surface area contributed by atoms with Gasteiger partial charge in [-0.05, 0) is 96.0 Å². The molecule has 0 saturated carbocycles. The molecular formula is C68H128N2O7P+. The number of nitrogens with zero attached hydrogens (tertiary/aromatic N) is 1. The molecule has 0 rings (SSSR count). The number of phosphoric ester groups is 1.